The van der Waals surface area contributed by atoms with Crippen molar-refractivity contribution < 1.29 is 9.72 Å². The van der Waals surface area contributed by atoms with Gasteiger partial charge in [-0.05, 0) is 44.4 Å². The molecule has 1 aromatic carbocycles. The third-order valence-corrected chi connectivity index (χ3v) is 4.12. The molecule has 2 aromatic rings. The summed E-state index contributed by atoms with van der Waals surface area (Å²) in [6, 6.07) is 7.46. The first-order valence-corrected chi connectivity index (χ1v) is 8.09. The number of nitrogens with one attached hydrogen (secondary N) is 2. The van der Waals surface area contributed by atoms with E-state index in [1.54, 1.807) is 6.92 Å². The van der Waals surface area contributed by atoms with Gasteiger partial charge in [0.05, 0.1) is 11.0 Å². The number of nitro groups is 1. The lowest BCUT2D eigenvalue weighted by molar-refractivity contribution is -0.386. The highest BCUT2D eigenvalue weighted by atomic mass is 16.6. The van der Waals surface area contributed by atoms with Gasteiger partial charge in [-0.3, -0.25) is 14.9 Å². The molecule has 1 aliphatic carbocycles. The minimum atomic E-state index is -0.503. The van der Waals surface area contributed by atoms with Gasteiger partial charge in [-0.2, -0.15) is 0 Å². The van der Waals surface area contributed by atoms with E-state index in [0.717, 1.165) is 24.1 Å². The zero-order valence-electron chi connectivity index (χ0n) is 14.0. The SMILES string of the molecule is Cc1nc(NC(C)c2ccc(NC(=O)C3CC3)cc2)ncc1[N+](=O)[O-]. The number of anilines is 2. The van der Waals surface area contributed by atoms with Crippen molar-refractivity contribution in [1.29, 1.82) is 0 Å². The van der Waals surface area contributed by atoms with E-state index < -0.39 is 4.92 Å². The van der Waals surface area contributed by atoms with E-state index in [1.165, 1.54) is 6.20 Å². The molecule has 8 heteroatoms. The van der Waals surface area contributed by atoms with Gasteiger partial charge in [0.1, 0.15) is 11.9 Å². The molecule has 1 atom stereocenters. The van der Waals surface area contributed by atoms with E-state index in [2.05, 4.69) is 20.6 Å². The van der Waals surface area contributed by atoms with Crippen LogP contribution in [-0.2, 0) is 4.79 Å². The molecule has 1 amide bonds. The molecule has 0 bridgehead atoms. The summed E-state index contributed by atoms with van der Waals surface area (Å²) in [7, 11) is 0. The number of carbonyl (C=O) groups excluding carboxylic acids is 1. The van der Waals surface area contributed by atoms with Crippen LogP contribution < -0.4 is 10.6 Å². The van der Waals surface area contributed by atoms with Crippen LogP contribution in [0.4, 0.5) is 17.3 Å². The normalized spacial score (nSPS) is 14.6. The van der Waals surface area contributed by atoms with Gasteiger partial charge in [-0.25, -0.2) is 9.97 Å². The highest BCUT2D eigenvalue weighted by Gasteiger charge is 2.29. The molecule has 1 unspecified atom stereocenters. The van der Waals surface area contributed by atoms with Gasteiger partial charge >= 0.3 is 5.69 Å². The van der Waals surface area contributed by atoms with Gasteiger partial charge in [0.15, 0.2) is 0 Å². The second-order valence-electron chi connectivity index (χ2n) is 6.17. The van der Waals surface area contributed by atoms with E-state index in [1.807, 2.05) is 31.2 Å². The number of hydrogen-bond acceptors (Lipinski definition) is 6. The molecule has 1 heterocycles. The maximum Gasteiger partial charge on any atom is 0.308 e. The molecular weight excluding hydrogens is 322 g/mol. The van der Waals surface area contributed by atoms with Gasteiger partial charge < -0.3 is 10.6 Å². The lowest BCUT2D eigenvalue weighted by Crippen LogP contribution is -2.14. The highest BCUT2D eigenvalue weighted by Crippen LogP contribution is 2.30. The summed E-state index contributed by atoms with van der Waals surface area (Å²) in [5, 5.41) is 16.8. The minimum Gasteiger partial charge on any atom is -0.348 e. The number of aryl methyl sites for hydroxylation is 1. The monoisotopic (exact) mass is 341 g/mol. The molecule has 0 radical (unpaired) electrons. The topological polar surface area (TPSA) is 110 Å². The Morgan fingerprint density at radius 3 is 2.56 bits per heavy atom. The number of amides is 1. The molecule has 1 aromatic heterocycles. The fraction of sp³-hybridized carbons (Fsp3) is 0.353. The van der Waals surface area contributed by atoms with Gasteiger partial charge in [0.25, 0.3) is 0 Å². The van der Waals surface area contributed by atoms with Crippen LogP contribution in [-0.4, -0.2) is 20.8 Å². The Balaban J connectivity index is 1.64. The molecule has 1 aliphatic rings. The minimum absolute atomic E-state index is 0.0775. The molecule has 0 spiro atoms. The van der Waals surface area contributed by atoms with Crippen LogP contribution >= 0.6 is 0 Å². The van der Waals surface area contributed by atoms with Crippen LogP contribution in [0.2, 0.25) is 0 Å². The molecule has 3 rings (SSSR count). The second-order valence-corrected chi connectivity index (χ2v) is 6.17. The molecule has 0 saturated heterocycles. The van der Waals surface area contributed by atoms with Crippen molar-refractivity contribution in [1.82, 2.24) is 9.97 Å². The van der Waals surface area contributed by atoms with Crippen LogP contribution in [0.25, 0.3) is 0 Å². The Kier molecular flexibility index (Phi) is 4.60. The number of hydrogen-bond donors (Lipinski definition) is 2. The lowest BCUT2D eigenvalue weighted by atomic mass is 10.1. The number of rotatable bonds is 6. The van der Waals surface area contributed by atoms with Gasteiger partial charge in [0, 0.05) is 11.6 Å². The molecule has 1 fully saturated rings. The summed E-state index contributed by atoms with van der Waals surface area (Å²) in [4.78, 5) is 30.2. The third kappa shape index (κ3) is 4.09. The standard InChI is InChI=1S/C17H19N5O3/c1-10(19-17-18-9-15(22(24)25)11(2)20-17)12-5-7-14(8-6-12)21-16(23)13-3-4-13/h5-10,13H,3-4H2,1-2H3,(H,21,23)(H,18,19,20). The zero-order valence-corrected chi connectivity index (χ0v) is 14.0. The van der Waals surface area contributed by atoms with Crippen molar-refractivity contribution >= 4 is 23.2 Å². The summed E-state index contributed by atoms with van der Waals surface area (Å²) < 4.78 is 0. The van der Waals surface area contributed by atoms with E-state index in [-0.39, 0.29) is 23.6 Å². The summed E-state index contributed by atoms with van der Waals surface area (Å²) >= 11 is 0. The third-order valence-electron chi connectivity index (χ3n) is 4.12. The first-order valence-electron chi connectivity index (χ1n) is 8.09. The van der Waals surface area contributed by atoms with Crippen LogP contribution in [0, 0.1) is 23.0 Å². The van der Waals surface area contributed by atoms with E-state index in [9.17, 15) is 14.9 Å². The fourth-order valence-electron chi connectivity index (χ4n) is 2.43. The Labute approximate surface area is 144 Å². The Hall–Kier alpha value is -3.03. The van der Waals surface area contributed by atoms with Gasteiger partial charge in [0.2, 0.25) is 11.9 Å². The Morgan fingerprint density at radius 1 is 1.32 bits per heavy atom. The molecule has 0 aliphatic heterocycles. The number of aromatic nitrogens is 2. The van der Waals surface area contributed by atoms with Crippen molar-refractivity contribution in [3.05, 3.63) is 51.8 Å². The van der Waals surface area contributed by atoms with Crippen LogP contribution in [0.1, 0.15) is 37.1 Å². The first kappa shape index (κ1) is 16.8. The first-order chi connectivity index (χ1) is 11.9. The number of benzene rings is 1. The molecule has 2 N–H and O–H groups in total. The Bertz CT molecular complexity index is 802. The molecule has 130 valence electrons. The zero-order chi connectivity index (χ0) is 18.0. The summed E-state index contributed by atoms with van der Waals surface area (Å²) in [5.41, 5.74) is 1.97. The quantitative estimate of drug-likeness (QED) is 0.616. The predicted octanol–water partition coefficient (Wildman–Crippen LogP) is 3.21. The van der Waals surface area contributed by atoms with Gasteiger partial charge in [-0.15, -0.1) is 0 Å². The molecule has 8 nitrogen and oxygen atoms in total. The summed E-state index contributed by atoms with van der Waals surface area (Å²) in [6.45, 7) is 3.52. The predicted molar refractivity (Wildman–Crippen MR) is 93.3 cm³/mol. The van der Waals surface area contributed by atoms with Crippen molar-refractivity contribution in [3.8, 4) is 0 Å². The van der Waals surface area contributed by atoms with Crippen LogP contribution in [0.5, 0.6) is 0 Å². The van der Waals surface area contributed by atoms with Crippen molar-refractivity contribution in [2.75, 3.05) is 10.6 Å². The largest absolute Gasteiger partial charge is 0.348 e. The average Bonchev–Trinajstić information content (AvgIpc) is 3.40. The number of nitrogens with zero attached hydrogens (tertiary/aromatic N) is 3. The second kappa shape index (κ2) is 6.84. The van der Waals surface area contributed by atoms with Crippen LogP contribution in [0.3, 0.4) is 0 Å². The number of carbonyl (C=O) groups is 1. The average molecular weight is 341 g/mol. The van der Waals surface area contributed by atoms with Crippen molar-refractivity contribution in [2.45, 2.75) is 32.7 Å². The van der Waals surface area contributed by atoms with E-state index in [4.69, 9.17) is 0 Å². The van der Waals surface area contributed by atoms with Gasteiger partial charge in [-0.1, -0.05) is 12.1 Å². The fourth-order valence-corrected chi connectivity index (χ4v) is 2.43. The summed E-state index contributed by atoms with van der Waals surface area (Å²) in [6.07, 6.45) is 3.15. The maximum atomic E-state index is 11.8. The maximum absolute atomic E-state index is 11.8. The molecule has 1 saturated carbocycles. The molecule has 25 heavy (non-hydrogen) atoms. The van der Waals surface area contributed by atoms with E-state index >= 15 is 0 Å². The Morgan fingerprint density at radius 2 is 2.00 bits per heavy atom. The summed E-state index contributed by atoms with van der Waals surface area (Å²) in [5.74, 6) is 0.582. The van der Waals surface area contributed by atoms with Crippen LogP contribution in [0.15, 0.2) is 30.5 Å². The smallest absolute Gasteiger partial charge is 0.308 e. The van der Waals surface area contributed by atoms with E-state index in [0.29, 0.717) is 11.6 Å². The lowest BCUT2D eigenvalue weighted by Gasteiger charge is -2.15. The molecular formula is C17H19N5O3. The van der Waals surface area contributed by atoms with Crippen molar-refractivity contribution in [3.63, 3.8) is 0 Å². The highest BCUT2D eigenvalue weighted by molar-refractivity contribution is 5.94. The van der Waals surface area contributed by atoms with Crippen molar-refractivity contribution in [2.24, 2.45) is 5.92 Å².